The van der Waals surface area contributed by atoms with Gasteiger partial charge in [-0.05, 0) is 38.2 Å². The van der Waals surface area contributed by atoms with Crippen molar-refractivity contribution >= 4 is 5.91 Å². The Morgan fingerprint density at radius 3 is 2.69 bits per heavy atom. The fourth-order valence-corrected chi connectivity index (χ4v) is 4.11. The number of likely N-dealkylation sites (tertiary alicyclic amines) is 1. The van der Waals surface area contributed by atoms with Crippen molar-refractivity contribution in [1.29, 1.82) is 0 Å². The lowest BCUT2D eigenvalue weighted by molar-refractivity contribution is -0.135. The minimum absolute atomic E-state index is 0.260. The minimum atomic E-state index is 0.260. The van der Waals surface area contributed by atoms with Crippen LogP contribution in [0.1, 0.15) is 69.8 Å². The van der Waals surface area contributed by atoms with Crippen LogP contribution in [0.3, 0.4) is 0 Å². The van der Waals surface area contributed by atoms with Crippen LogP contribution in [0.15, 0.2) is 42.7 Å². The molecule has 2 unspecified atom stereocenters. The molecule has 0 spiro atoms. The molecule has 0 radical (unpaired) electrons. The van der Waals surface area contributed by atoms with Crippen LogP contribution in [0.2, 0.25) is 0 Å². The summed E-state index contributed by atoms with van der Waals surface area (Å²) in [6.07, 6.45) is 8.75. The van der Waals surface area contributed by atoms with E-state index in [4.69, 9.17) is 0 Å². The summed E-state index contributed by atoms with van der Waals surface area (Å²) < 4.78 is 2.28. The highest BCUT2D eigenvalue weighted by atomic mass is 16.2. The molecule has 0 N–H and O–H groups in total. The monoisotopic (exact) mass is 353 g/mol. The average Bonchev–Trinajstić information content (AvgIpc) is 3.16. The number of piperidine rings is 1. The maximum atomic E-state index is 13.0. The Hall–Kier alpha value is -2.10. The SMILES string of the molecule is CC(C)c1nccn1C(C)C1CCCCN1C(=O)CCc1ccccc1. The van der Waals surface area contributed by atoms with E-state index in [9.17, 15) is 4.79 Å². The highest BCUT2D eigenvalue weighted by Gasteiger charge is 2.32. The van der Waals surface area contributed by atoms with Crippen LogP contribution in [0.25, 0.3) is 0 Å². The topological polar surface area (TPSA) is 38.1 Å². The number of hydrogen-bond acceptors (Lipinski definition) is 2. The predicted octanol–water partition coefficient (Wildman–Crippen LogP) is 4.58. The molecule has 140 valence electrons. The zero-order chi connectivity index (χ0) is 18.5. The first kappa shape index (κ1) is 18.7. The number of rotatable bonds is 6. The highest BCUT2D eigenvalue weighted by molar-refractivity contribution is 5.77. The van der Waals surface area contributed by atoms with E-state index in [2.05, 4.69) is 53.6 Å². The van der Waals surface area contributed by atoms with Crippen LogP contribution in [0, 0.1) is 0 Å². The average molecular weight is 354 g/mol. The van der Waals surface area contributed by atoms with Gasteiger partial charge in [-0.3, -0.25) is 4.79 Å². The molecule has 0 aliphatic carbocycles. The molecule has 1 aliphatic rings. The summed E-state index contributed by atoms with van der Waals surface area (Å²) in [6.45, 7) is 7.47. The number of hydrogen-bond donors (Lipinski definition) is 0. The third-order valence-electron chi connectivity index (χ3n) is 5.55. The van der Waals surface area contributed by atoms with Crippen molar-refractivity contribution in [2.24, 2.45) is 0 Å². The van der Waals surface area contributed by atoms with Gasteiger partial charge in [0, 0.05) is 31.3 Å². The number of amides is 1. The van der Waals surface area contributed by atoms with Crippen LogP contribution in [-0.4, -0.2) is 32.9 Å². The molecule has 1 aliphatic heterocycles. The zero-order valence-electron chi connectivity index (χ0n) is 16.3. The first-order valence-electron chi connectivity index (χ1n) is 9.94. The molecule has 0 saturated carbocycles. The summed E-state index contributed by atoms with van der Waals surface area (Å²) >= 11 is 0. The summed E-state index contributed by atoms with van der Waals surface area (Å²) in [4.78, 5) is 19.7. The Morgan fingerprint density at radius 1 is 1.19 bits per heavy atom. The lowest BCUT2D eigenvalue weighted by Crippen LogP contribution is -2.47. The number of carbonyl (C=O) groups is 1. The third-order valence-corrected chi connectivity index (χ3v) is 5.55. The molecule has 1 aromatic heterocycles. The van der Waals surface area contributed by atoms with Crippen LogP contribution >= 0.6 is 0 Å². The molecule has 2 heterocycles. The number of carbonyl (C=O) groups excluding carboxylic acids is 1. The number of benzene rings is 1. The molecular formula is C22H31N3O. The van der Waals surface area contributed by atoms with Crippen LogP contribution < -0.4 is 0 Å². The van der Waals surface area contributed by atoms with Crippen molar-refractivity contribution in [3.63, 3.8) is 0 Å². The number of nitrogens with zero attached hydrogens (tertiary/aromatic N) is 3. The second-order valence-electron chi connectivity index (χ2n) is 7.72. The molecular weight excluding hydrogens is 322 g/mol. The van der Waals surface area contributed by atoms with Gasteiger partial charge in [0.25, 0.3) is 0 Å². The fourth-order valence-electron chi connectivity index (χ4n) is 4.11. The quantitative estimate of drug-likeness (QED) is 0.762. The normalized spacial score (nSPS) is 18.9. The van der Waals surface area contributed by atoms with Gasteiger partial charge < -0.3 is 9.47 Å². The number of aromatic nitrogens is 2. The molecule has 26 heavy (non-hydrogen) atoms. The van der Waals surface area contributed by atoms with Gasteiger partial charge in [-0.2, -0.15) is 0 Å². The summed E-state index contributed by atoms with van der Waals surface area (Å²) in [6, 6.07) is 10.8. The summed E-state index contributed by atoms with van der Waals surface area (Å²) in [5.41, 5.74) is 1.24. The molecule has 1 saturated heterocycles. The van der Waals surface area contributed by atoms with E-state index in [0.717, 1.165) is 31.6 Å². The van der Waals surface area contributed by atoms with Gasteiger partial charge in [-0.15, -0.1) is 0 Å². The second-order valence-corrected chi connectivity index (χ2v) is 7.72. The molecule has 1 aromatic carbocycles. The van der Waals surface area contributed by atoms with Crippen molar-refractivity contribution in [1.82, 2.24) is 14.5 Å². The van der Waals surface area contributed by atoms with Crippen LogP contribution in [-0.2, 0) is 11.2 Å². The molecule has 0 bridgehead atoms. The Labute approximate surface area is 157 Å². The molecule has 2 atom stereocenters. The Morgan fingerprint density at radius 2 is 1.96 bits per heavy atom. The summed E-state index contributed by atoms with van der Waals surface area (Å²) in [5, 5.41) is 0. The Bertz CT molecular complexity index is 707. The molecule has 1 amide bonds. The van der Waals surface area contributed by atoms with Gasteiger partial charge in [0.1, 0.15) is 5.82 Å². The van der Waals surface area contributed by atoms with Gasteiger partial charge in [-0.1, -0.05) is 44.2 Å². The van der Waals surface area contributed by atoms with Crippen molar-refractivity contribution in [3.8, 4) is 0 Å². The van der Waals surface area contributed by atoms with E-state index in [1.807, 2.05) is 24.4 Å². The van der Waals surface area contributed by atoms with Gasteiger partial charge >= 0.3 is 0 Å². The molecule has 4 nitrogen and oxygen atoms in total. The van der Waals surface area contributed by atoms with E-state index in [1.54, 1.807) is 0 Å². The Balaban J connectivity index is 1.70. The fraction of sp³-hybridized carbons (Fsp3) is 0.545. The minimum Gasteiger partial charge on any atom is -0.338 e. The van der Waals surface area contributed by atoms with Crippen molar-refractivity contribution in [2.45, 2.75) is 70.9 Å². The third kappa shape index (κ3) is 4.17. The largest absolute Gasteiger partial charge is 0.338 e. The van der Waals surface area contributed by atoms with Gasteiger partial charge in [-0.25, -0.2) is 4.98 Å². The van der Waals surface area contributed by atoms with E-state index in [1.165, 1.54) is 12.0 Å². The number of aryl methyl sites for hydroxylation is 1. The van der Waals surface area contributed by atoms with Gasteiger partial charge in [0.15, 0.2) is 0 Å². The van der Waals surface area contributed by atoms with E-state index in [-0.39, 0.29) is 18.0 Å². The van der Waals surface area contributed by atoms with Gasteiger partial charge in [0.2, 0.25) is 5.91 Å². The first-order chi connectivity index (χ1) is 12.6. The lowest BCUT2D eigenvalue weighted by atomic mass is 9.95. The maximum absolute atomic E-state index is 13.0. The standard InChI is InChI=1S/C22H31N3O/c1-17(2)22-23-14-16-24(22)18(3)20-11-7-8-15-25(20)21(26)13-12-19-9-5-4-6-10-19/h4-6,9-10,14,16-18,20H,7-8,11-13,15H2,1-3H3. The van der Waals surface area contributed by atoms with Crippen LogP contribution in [0.4, 0.5) is 0 Å². The summed E-state index contributed by atoms with van der Waals surface area (Å²) in [5.74, 6) is 1.79. The van der Waals surface area contributed by atoms with E-state index < -0.39 is 0 Å². The zero-order valence-corrected chi connectivity index (χ0v) is 16.3. The summed E-state index contributed by atoms with van der Waals surface area (Å²) in [7, 11) is 0. The van der Waals surface area contributed by atoms with Crippen molar-refractivity contribution < 1.29 is 4.79 Å². The van der Waals surface area contributed by atoms with E-state index in [0.29, 0.717) is 12.3 Å². The Kier molecular flexibility index (Phi) is 6.12. The number of imidazole rings is 1. The smallest absolute Gasteiger partial charge is 0.223 e. The van der Waals surface area contributed by atoms with Gasteiger partial charge in [0.05, 0.1) is 12.1 Å². The lowest BCUT2D eigenvalue weighted by Gasteiger charge is -2.40. The van der Waals surface area contributed by atoms with Crippen molar-refractivity contribution in [3.05, 3.63) is 54.1 Å². The van der Waals surface area contributed by atoms with Crippen LogP contribution in [0.5, 0.6) is 0 Å². The van der Waals surface area contributed by atoms with Crippen molar-refractivity contribution in [2.75, 3.05) is 6.54 Å². The first-order valence-corrected chi connectivity index (χ1v) is 9.94. The molecule has 2 aromatic rings. The molecule has 3 rings (SSSR count). The highest BCUT2D eigenvalue weighted by Crippen LogP contribution is 2.29. The second kappa shape index (κ2) is 8.52. The molecule has 1 fully saturated rings. The molecule has 4 heteroatoms. The maximum Gasteiger partial charge on any atom is 0.223 e. The predicted molar refractivity (Wildman–Crippen MR) is 105 cm³/mol. The van der Waals surface area contributed by atoms with E-state index >= 15 is 0 Å².